The summed E-state index contributed by atoms with van der Waals surface area (Å²) in [6.07, 6.45) is 0. The fourth-order valence-corrected chi connectivity index (χ4v) is 2.78. The quantitative estimate of drug-likeness (QED) is 0.767. The number of rotatable bonds is 7. The standard InChI is InChI=1S/C19H25N5O3/c1-14-13-17(18(25)22-15-3-5-16(26-2)6-4-15)23-19(21-14)20-7-8-24-9-11-27-12-10-24/h3-6,13H,7-12H2,1-2H3,(H,22,25)(H,20,21,23). The number of carbonyl (C=O) groups is 1. The summed E-state index contributed by atoms with van der Waals surface area (Å²) in [5.41, 5.74) is 1.74. The molecule has 2 aromatic rings. The van der Waals surface area contributed by atoms with Gasteiger partial charge in [-0.25, -0.2) is 9.97 Å². The highest BCUT2D eigenvalue weighted by Crippen LogP contribution is 2.16. The van der Waals surface area contributed by atoms with E-state index in [1.54, 1.807) is 37.4 Å². The number of ether oxygens (including phenoxy) is 2. The van der Waals surface area contributed by atoms with Crippen molar-refractivity contribution in [3.8, 4) is 5.75 Å². The molecule has 0 bridgehead atoms. The molecule has 27 heavy (non-hydrogen) atoms. The van der Waals surface area contributed by atoms with Crippen molar-refractivity contribution >= 4 is 17.5 Å². The van der Waals surface area contributed by atoms with Crippen molar-refractivity contribution in [1.82, 2.24) is 14.9 Å². The molecule has 0 atom stereocenters. The molecule has 0 radical (unpaired) electrons. The average Bonchev–Trinajstić information content (AvgIpc) is 2.69. The van der Waals surface area contributed by atoms with Crippen molar-refractivity contribution in [3.05, 3.63) is 41.7 Å². The summed E-state index contributed by atoms with van der Waals surface area (Å²) in [5.74, 6) is 0.919. The molecule has 1 aliphatic rings. The van der Waals surface area contributed by atoms with Gasteiger partial charge in [0.25, 0.3) is 5.91 Å². The van der Waals surface area contributed by atoms with Crippen LogP contribution in [0.2, 0.25) is 0 Å². The van der Waals surface area contributed by atoms with Gasteiger partial charge < -0.3 is 20.1 Å². The Balaban J connectivity index is 1.58. The minimum Gasteiger partial charge on any atom is -0.497 e. The van der Waals surface area contributed by atoms with Gasteiger partial charge in [0.15, 0.2) is 0 Å². The molecule has 8 heteroatoms. The van der Waals surface area contributed by atoms with Crippen molar-refractivity contribution in [2.45, 2.75) is 6.92 Å². The monoisotopic (exact) mass is 371 g/mol. The molecule has 8 nitrogen and oxygen atoms in total. The summed E-state index contributed by atoms with van der Waals surface area (Å²) in [6, 6.07) is 8.82. The molecule has 2 N–H and O–H groups in total. The molecule has 1 aliphatic heterocycles. The molecule has 0 spiro atoms. The van der Waals surface area contributed by atoms with Gasteiger partial charge in [-0.2, -0.15) is 0 Å². The third-order valence-electron chi connectivity index (χ3n) is 4.25. The normalized spacial score (nSPS) is 14.6. The maximum Gasteiger partial charge on any atom is 0.274 e. The van der Waals surface area contributed by atoms with Gasteiger partial charge in [-0.05, 0) is 37.3 Å². The zero-order valence-corrected chi connectivity index (χ0v) is 15.7. The summed E-state index contributed by atoms with van der Waals surface area (Å²) in [6.45, 7) is 6.86. The lowest BCUT2D eigenvalue weighted by Crippen LogP contribution is -2.39. The Bertz CT molecular complexity index is 760. The van der Waals surface area contributed by atoms with E-state index in [0.29, 0.717) is 23.9 Å². The third kappa shape index (κ3) is 5.63. The highest BCUT2D eigenvalue weighted by molar-refractivity contribution is 6.03. The van der Waals surface area contributed by atoms with Crippen molar-refractivity contribution in [2.24, 2.45) is 0 Å². The first-order chi connectivity index (χ1) is 13.1. The van der Waals surface area contributed by atoms with Gasteiger partial charge in [-0.15, -0.1) is 0 Å². The zero-order chi connectivity index (χ0) is 19.1. The molecule has 0 aliphatic carbocycles. The number of amides is 1. The first-order valence-electron chi connectivity index (χ1n) is 8.99. The summed E-state index contributed by atoms with van der Waals surface area (Å²) in [7, 11) is 1.60. The van der Waals surface area contributed by atoms with Crippen LogP contribution in [0.25, 0.3) is 0 Å². The van der Waals surface area contributed by atoms with E-state index in [0.717, 1.165) is 44.3 Å². The molecular weight excluding hydrogens is 346 g/mol. The van der Waals surface area contributed by atoms with Crippen molar-refractivity contribution in [1.29, 1.82) is 0 Å². The number of anilines is 2. The summed E-state index contributed by atoms with van der Waals surface area (Å²) in [5, 5.41) is 6.04. The van der Waals surface area contributed by atoms with Crippen LogP contribution in [0.5, 0.6) is 5.75 Å². The predicted molar refractivity (Wildman–Crippen MR) is 103 cm³/mol. The minimum atomic E-state index is -0.276. The van der Waals surface area contributed by atoms with Crippen LogP contribution < -0.4 is 15.4 Å². The Labute approximate surface area is 158 Å². The number of hydrogen-bond donors (Lipinski definition) is 2. The van der Waals surface area contributed by atoms with Crippen molar-refractivity contribution in [3.63, 3.8) is 0 Å². The summed E-state index contributed by atoms with van der Waals surface area (Å²) < 4.78 is 10.5. The number of benzene rings is 1. The minimum absolute atomic E-state index is 0.276. The number of nitrogens with zero attached hydrogens (tertiary/aromatic N) is 3. The van der Waals surface area contributed by atoms with Crippen LogP contribution in [0.3, 0.4) is 0 Å². The fraction of sp³-hybridized carbons (Fsp3) is 0.421. The largest absolute Gasteiger partial charge is 0.497 e. The van der Waals surface area contributed by atoms with Crippen LogP contribution in [0.4, 0.5) is 11.6 Å². The molecule has 0 saturated carbocycles. The van der Waals surface area contributed by atoms with Crippen LogP contribution >= 0.6 is 0 Å². The second-order valence-corrected chi connectivity index (χ2v) is 6.28. The van der Waals surface area contributed by atoms with Gasteiger partial charge in [0.1, 0.15) is 11.4 Å². The van der Waals surface area contributed by atoms with Gasteiger partial charge in [0.2, 0.25) is 5.95 Å². The number of hydrogen-bond acceptors (Lipinski definition) is 7. The second-order valence-electron chi connectivity index (χ2n) is 6.28. The van der Waals surface area contributed by atoms with E-state index in [2.05, 4.69) is 25.5 Å². The summed E-state index contributed by atoms with van der Waals surface area (Å²) >= 11 is 0. The number of carbonyl (C=O) groups excluding carboxylic acids is 1. The topological polar surface area (TPSA) is 88.6 Å². The smallest absolute Gasteiger partial charge is 0.274 e. The average molecular weight is 371 g/mol. The van der Waals surface area contributed by atoms with E-state index in [1.807, 2.05) is 6.92 Å². The Morgan fingerprint density at radius 3 is 2.67 bits per heavy atom. The van der Waals surface area contributed by atoms with Gasteiger partial charge >= 0.3 is 0 Å². The number of aromatic nitrogens is 2. The summed E-state index contributed by atoms with van der Waals surface area (Å²) in [4.78, 5) is 23.5. The van der Waals surface area contributed by atoms with Gasteiger partial charge in [-0.3, -0.25) is 9.69 Å². The van der Waals surface area contributed by atoms with Crippen LogP contribution in [-0.4, -0.2) is 67.3 Å². The molecule has 1 fully saturated rings. The number of methoxy groups -OCH3 is 1. The maximum absolute atomic E-state index is 12.5. The van der Waals surface area contributed by atoms with Crippen LogP contribution in [0, 0.1) is 6.92 Å². The van der Waals surface area contributed by atoms with Crippen molar-refractivity contribution < 1.29 is 14.3 Å². The first-order valence-corrected chi connectivity index (χ1v) is 8.99. The highest BCUT2D eigenvalue weighted by atomic mass is 16.5. The van der Waals surface area contributed by atoms with Crippen LogP contribution in [0.1, 0.15) is 16.2 Å². The van der Waals surface area contributed by atoms with E-state index in [1.165, 1.54) is 0 Å². The molecule has 2 heterocycles. The van der Waals surface area contributed by atoms with Gasteiger partial charge in [0.05, 0.1) is 20.3 Å². The van der Waals surface area contributed by atoms with E-state index in [4.69, 9.17) is 9.47 Å². The molecular formula is C19H25N5O3. The van der Waals surface area contributed by atoms with E-state index in [-0.39, 0.29) is 5.91 Å². The van der Waals surface area contributed by atoms with Crippen LogP contribution in [0.15, 0.2) is 30.3 Å². The molecule has 1 aromatic carbocycles. The van der Waals surface area contributed by atoms with E-state index in [9.17, 15) is 4.79 Å². The maximum atomic E-state index is 12.5. The third-order valence-corrected chi connectivity index (χ3v) is 4.25. The highest BCUT2D eigenvalue weighted by Gasteiger charge is 2.12. The Hall–Kier alpha value is -2.71. The molecule has 1 aromatic heterocycles. The number of nitrogens with one attached hydrogen (secondary N) is 2. The lowest BCUT2D eigenvalue weighted by molar-refractivity contribution is 0.0398. The second kappa shape index (κ2) is 9.29. The van der Waals surface area contributed by atoms with E-state index >= 15 is 0 Å². The Kier molecular flexibility index (Phi) is 6.56. The molecule has 1 amide bonds. The lowest BCUT2D eigenvalue weighted by atomic mass is 10.2. The van der Waals surface area contributed by atoms with Crippen LogP contribution in [-0.2, 0) is 4.74 Å². The zero-order valence-electron chi connectivity index (χ0n) is 15.7. The number of aryl methyl sites for hydroxylation is 1. The number of morpholine rings is 1. The van der Waals surface area contributed by atoms with Gasteiger partial charge in [0, 0.05) is 37.6 Å². The van der Waals surface area contributed by atoms with E-state index < -0.39 is 0 Å². The van der Waals surface area contributed by atoms with Crippen molar-refractivity contribution in [2.75, 3.05) is 57.1 Å². The molecule has 144 valence electrons. The predicted octanol–water partition coefficient (Wildman–Crippen LogP) is 1.79. The molecule has 3 rings (SSSR count). The molecule has 1 saturated heterocycles. The lowest BCUT2D eigenvalue weighted by Gasteiger charge is -2.26. The molecule has 0 unspecified atom stereocenters. The Morgan fingerprint density at radius 1 is 1.22 bits per heavy atom. The Morgan fingerprint density at radius 2 is 1.96 bits per heavy atom. The SMILES string of the molecule is COc1ccc(NC(=O)c2cc(C)nc(NCCN3CCOCC3)n2)cc1. The fourth-order valence-electron chi connectivity index (χ4n) is 2.78. The van der Waals surface area contributed by atoms with Gasteiger partial charge in [-0.1, -0.05) is 0 Å². The first kappa shape index (κ1) is 19.1.